The van der Waals surface area contributed by atoms with E-state index < -0.39 is 0 Å². The smallest absolute Gasteiger partial charge is 0.191 e. The fourth-order valence-electron chi connectivity index (χ4n) is 2.05. The van der Waals surface area contributed by atoms with Crippen molar-refractivity contribution in [2.24, 2.45) is 4.99 Å². The average molecular weight is 347 g/mol. The van der Waals surface area contributed by atoms with E-state index in [9.17, 15) is 0 Å². The molecule has 130 valence electrons. The van der Waals surface area contributed by atoms with Gasteiger partial charge in [0.05, 0.1) is 20.3 Å². The molecule has 0 fully saturated rings. The molecule has 0 aliphatic heterocycles. The van der Waals surface area contributed by atoms with Gasteiger partial charge in [-0.25, -0.2) is 4.99 Å². The van der Waals surface area contributed by atoms with E-state index in [2.05, 4.69) is 39.4 Å². The van der Waals surface area contributed by atoms with E-state index in [1.54, 1.807) is 18.4 Å². The van der Waals surface area contributed by atoms with Crippen molar-refractivity contribution >= 4 is 17.3 Å². The van der Waals surface area contributed by atoms with E-state index in [1.165, 1.54) is 5.56 Å². The van der Waals surface area contributed by atoms with E-state index in [0.717, 1.165) is 37.0 Å². The fourth-order valence-corrected chi connectivity index (χ4v) is 2.71. The summed E-state index contributed by atoms with van der Waals surface area (Å²) < 4.78 is 10.9. The fraction of sp³-hybridized carbons (Fsp3) is 0.389. The van der Waals surface area contributed by atoms with Crippen molar-refractivity contribution in [3.05, 3.63) is 46.7 Å². The normalized spacial score (nSPS) is 11.2. The number of benzene rings is 1. The minimum Gasteiger partial charge on any atom is -0.497 e. The van der Waals surface area contributed by atoms with Crippen LogP contribution < -0.4 is 20.1 Å². The van der Waals surface area contributed by atoms with E-state index in [-0.39, 0.29) is 0 Å². The van der Waals surface area contributed by atoms with Gasteiger partial charge in [0.1, 0.15) is 11.5 Å². The van der Waals surface area contributed by atoms with Crippen LogP contribution in [-0.2, 0) is 6.54 Å². The Morgan fingerprint density at radius 2 is 2.08 bits per heavy atom. The molecule has 2 N–H and O–H groups in total. The lowest BCUT2D eigenvalue weighted by atomic mass is 10.3. The molecule has 0 atom stereocenters. The van der Waals surface area contributed by atoms with Crippen LogP contribution in [0, 0.1) is 0 Å². The number of ether oxygens (including phenoxy) is 2. The highest BCUT2D eigenvalue weighted by Crippen LogP contribution is 2.18. The maximum absolute atomic E-state index is 5.73. The van der Waals surface area contributed by atoms with Gasteiger partial charge in [-0.3, -0.25) is 0 Å². The molecule has 24 heavy (non-hydrogen) atoms. The number of guanidine groups is 1. The molecule has 0 radical (unpaired) electrons. The SMILES string of the molecule is CCNC(=NCc1ccsc1)NCCCOc1cccc(OC)c1. The molecule has 2 aromatic rings. The Bertz CT molecular complexity index is 614. The van der Waals surface area contributed by atoms with Gasteiger partial charge in [-0.2, -0.15) is 11.3 Å². The summed E-state index contributed by atoms with van der Waals surface area (Å²) in [6.07, 6.45) is 0.889. The van der Waals surface area contributed by atoms with E-state index in [4.69, 9.17) is 9.47 Å². The largest absolute Gasteiger partial charge is 0.497 e. The molecule has 6 heteroatoms. The second kappa shape index (κ2) is 10.5. The second-order valence-electron chi connectivity index (χ2n) is 5.13. The summed E-state index contributed by atoms with van der Waals surface area (Å²) in [5.74, 6) is 2.47. The molecule has 0 unspecified atom stereocenters. The molecule has 5 nitrogen and oxygen atoms in total. The molecule has 0 saturated heterocycles. The lowest BCUT2D eigenvalue weighted by molar-refractivity contribution is 0.308. The van der Waals surface area contributed by atoms with Crippen molar-refractivity contribution in [1.29, 1.82) is 0 Å². The van der Waals surface area contributed by atoms with Crippen molar-refractivity contribution in [3.63, 3.8) is 0 Å². The highest BCUT2D eigenvalue weighted by atomic mass is 32.1. The molecule has 0 amide bonds. The van der Waals surface area contributed by atoms with Crippen molar-refractivity contribution in [3.8, 4) is 11.5 Å². The van der Waals surface area contributed by atoms with Gasteiger partial charge in [-0.1, -0.05) is 6.07 Å². The first kappa shape index (κ1) is 18.1. The third-order valence-corrected chi connectivity index (χ3v) is 4.00. The molecule has 0 saturated carbocycles. The Morgan fingerprint density at radius 1 is 1.21 bits per heavy atom. The van der Waals surface area contributed by atoms with Crippen LogP contribution in [0.2, 0.25) is 0 Å². The minimum atomic E-state index is 0.643. The number of hydrogen-bond donors (Lipinski definition) is 2. The third-order valence-electron chi connectivity index (χ3n) is 3.27. The number of aliphatic imine (C=N–C) groups is 1. The number of hydrogen-bond acceptors (Lipinski definition) is 4. The molecular formula is C18H25N3O2S. The monoisotopic (exact) mass is 347 g/mol. The number of nitrogens with one attached hydrogen (secondary N) is 2. The first-order chi connectivity index (χ1) is 11.8. The second-order valence-corrected chi connectivity index (χ2v) is 5.91. The number of rotatable bonds is 9. The summed E-state index contributed by atoms with van der Waals surface area (Å²) in [4.78, 5) is 4.58. The summed E-state index contributed by atoms with van der Waals surface area (Å²) in [6, 6.07) is 9.75. The Kier molecular flexibility index (Phi) is 7.97. The van der Waals surface area contributed by atoms with E-state index >= 15 is 0 Å². The molecule has 0 spiro atoms. The van der Waals surface area contributed by atoms with Gasteiger partial charge in [0.15, 0.2) is 5.96 Å². The van der Waals surface area contributed by atoms with E-state index in [1.807, 2.05) is 24.3 Å². The van der Waals surface area contributed by atoms with Gasteiger partial charge in [0.2, 0.25) is 0 Å². The Hall–Kier alpha value is -2.21. The summed E-state index contributed by atoms with van der Waals surface area (Å²) in [5, 5.41) is 10.8. The molecule has 2 rings (SSSR count). The van der Waals surface area contributed by atoms with Gasteiger partial charge in [0, 0.05) is 19.2 Å². The maximum atomic E-state index is 5.73. The van der Waals surface area contributed by atoms with E-state index in [0.29, 0.717) is 13.2 Å². The number of nitrogens with zero attached hydrogens (tertiary/aromatic N) is 1. The number of methoxy groups -OCH3 is 1. The molecule has 0 aliphatic carbocycles. The van der Waals surface area contributed by atoms with Crippen LogP contribution in [0.5, 0.6) is 11.5 Å². The van der Waals surface area contributed by atoms with Crippen molar-refractivity contribution in [2.45, 2.75) is 19.9 Å². The third kappa shape index (κ3) is 6.50. The molecular weight excluding hydrogens is 322 g/mol. The molecule has 0 aliphatic rings. The van der Waals surface area contributed by atoms with Gasteiger partial charge < -0.3 is 20.1 Å². The van der Waals surface area contributed by atoms with Crippen LogP contribution in [0.3, 0.4) is 0 Å². The Morgan fingerprint density at radius 3 is 2.83 bits per heavy atom. The van der Waals surface area contributed by atoms with Crippen molar-refractivity contribution in [2.75, 3.05) is 26.8 Å². The maximum Gasteiger partial charge on any atom is 0.191 e. The summed E-state index contributed by atoms with van der Waals surface area (Å²) in [7, 11) is 1.65. The predicted molar refractivity (Wildman–Crippen MR) is 100 cm³/mol. The lowest BCUT2D eigenvalue weighted by Gasteiger charge is -2.12. The summed E-state index contributed by atoms with van der Waals surface area (Å²) in [6.45, 7) is 5.05. The zero-order valence-corrected chi connectivity index (χ0v) is 15.1. The summed E-state index contributed by atoms with van der Waals surface area (Å²) >= 11 is 1.69. The first-order valence-corrected chi connectivity index (χ1v) is 9.06. The van der Waals surface area contributed by atoms with Gasteiger partial charge >= 0.3 is 0 Å². The zero-order chi connectivity index (χ0) is 17.0. The van der Waals surface area contributed by atoms with Crippen LogP contribution >= 0.6 is 11.3 Å². The summed E-state index contributed by atoms with van der Waals surface area (Å²) in [5.41, 5.74) is 1.23. The van der Waals surface area contributed by atoms with Gasteiger partial charge in [0.25, 0.3) is 0 Å². The average Bonchev–Trinajstić information content (AvgIpc) is 3.13. The van der Waals surface area contributed by atoms with Crippen molar-refractivity contribution in [1.82, 2.24) is 10.6 Å². The van der Waals surface area contributed by atoms with Crippen molar-refractivity contribution < 1.29 is 9.47 Å². The molecule has 1 aromatic carbocycles. The van der Waals surface area contributed by atoms with Crippen LogP contribution in [0.15, 0.2) is 46.1 Å². The predicted octanol–water partition coefficient (Wildman–Crippen LogP) is 3.28. The highest BCUT2D eigenvalue weighted by Gasteiger charge is 1.99. The molecule has 0 bridgehead atoms. The number of thiophene rings is 1. The zero-order valence-electron chi connectivity index (χ0n) is 14.2. The Balaban J connectivity index is 1.69. The van der Waals surface area contributed by atoms with Crippen LogP contribution in [0.1, 0.15) is 18.9 Å². The molecule has 1 heterocycles. The first-order valence-electron chi connectivity index (χ1n) is 8.12. The topological polar surface area (TPSA) is 54.9 Å². The standard InChI is InChI=1S/C18H25N3O2S/c1-3-19-18(21-13-15-8-11-24-14-15)20-9-5-10-23-17-7-4-6-16(12-17)22-2/h4,6-8,11-12,14H,3,5,9-10,13H2,1-2H3,(H2,19,20,21). The van der Waals surface area contributed by atoms with Crippen LogP contribution in [0.4, 0.5) is 0 Å². The van der Waals surface area contributed by atoms with Crippen LogP contribution in [-0.4, -0.2) is 32.8 Å². The van der Waals surface area contributed by atoms with Gasteiger partial charge in [-0.05, 0) is 47.9 Å². The Labute approximate surface area is 147 Å². The van der Waals surface area contributed by atoms with Gasteiger partial charge in [-0.15, -0.1) is 0 Å². The molecule has 1 aromatic heterocycles. The highest BCUT2D eigenvalue weighted by molar-refractivity contribution is 7.07. The lowest BCUT2D eigenvalue weighted by Crippen LogP contribution is -2.38. The van der Waals surface area contributed by atoms with Crippen LogP contribution in [0.25, 0.3) is 0 Å². The quantitative estimate of drug-likeness (QED) is 0.415. The minimum absolute atomic E-state index is 0.643.